The number of benzene rings is 1. The van der Waals surface area contributed by atoms with E-state index in [4.69, 9.17) is 0 Å². The second-order valence-electron chi connectivity index (χ2n) is 4.74. The Kier molecular flexibility index (Phi) is 3.43. The molecule has 1 saturated carbocycles. The summed E-state index contributed by atoms with van der Waals surface area (Å²) in [4.78, 5) is 0. The Bertz CT molecular complexity index is 386. The summed E-state index contributed by atoms with van der Waals surface area (Å²) in [5.41, 5.74) is 0.118. The number of aliphatic hydroxyl groups excluding tert-OH is 1. The largest absolute Gasteiger partial charge is 0.416 e. The number of rotatable bonds is 2. The second-order valence-corrected chi connectivity index (χ2v) is 4.74. The highest BCUT2D eigenvalue weighted by Crippen LogP contribution is 2.32. The maximum Gasteiger partial charge on any atom is 0.416 e. The van der Waals surface area contributed by atoms with E-state index in [1.165, 1.54) is 12.1 Å². The van der Waals surface area contributed by atoms with E-state index in [0.29, 0.717) is 24.3 Å². The van der Waals surface area contributed by atoms with Crippen LogP contribution in [0.15, 0.2) is 24.3 Å². The van der Waals surface area contributed by atoms with E-state index >= 15 is 0 Å². The summed E-state index contributed by atoms with van der Waals surface area (Å²) in [6.07, 6.45) is -1.55. The van der Waals surface area contributed by atoms with Crippen LogP contribution in [-0.4, -0.2) is 11.2 Å². The highest BCUT2D eigenvalue weighted by molar-refractivity contribution is 5.26. The van der Waals surface area contributed by atoms with Gasteiger partial charge in [0.1, 0.15) is 0 Å². The van der Waals surface area contributed by atoms with Gasteiger partial charge in [-0.05, 0) is 43.2 Å². The van der Waals surface area contributed by atoms with Crippen LogP contribution in [-0.2, 0) is 12.6 Å². The molecule has 1 fully saturated rings. The van der Waals surface area contributed by atoms with Crippen LogP contribution in [0.3, 0.4) is 0 Å². The smallest absolute Gasteiger partial charge is 0.393 e. The van der Waals surface area contributed by atoms with Gasteiger partial charge in [-0.25, -0.2) is 0 Å². The Balaban J connectivity index is 2.06. The van der Waals surface area contributed by atoms with E-state index in [1.807, 2.05) is 0 Å². The second kappa shape index (κ2) is 4.69. The third-order valence-electron chi connectivity index (χ3n) is 3.29. The summed E-state index contributed by atoms with van der Waals surface area (Å²) in [6.45, 7) is 0. The first-order chi connectivity index (χ1) is 7.95. The Hall–Kier alpha value is -1.03. The molecule has 0 amide bonds. The van der Waals surface area contributed by atoms with E-state index in [9.17, 15) is 18.3 Å². The average Bonchev–Trinajstić information content (AvgIpc) is 2.63. The van der Waals surface area contributed by atoms with Gasteiger partial charge in [-0.15, -0.1) is 0 Å². The van der Waals surface area contributed by atoms with Crippen LogP contribution in [0.4, 0.5) is 13.2 Å². The van der Waals surface area contributed by atoms with Gasteiger partial charge < -0.3 is 5.11 Å². The van der Waals surface area contributed by atoms with Gasteiger partial charge in [-0.1, -0.05) is 18.2 Å². The van der Waals surface area contributed by atoms with Crippen molar-refractivity contribution in [1.29, 1.82) is 0 Å². The van der Waals surface area contributed by atoms with Crippen LogP contribution in [0.5, 0.6) is 0 Å². The fourth-order valence-corrected chi connectivity index (χ4v) is 2.44. The summed E-state index contributed by atoms with van der Waals surface area (Å²) >= 11 is 0. The van der Waals surface area contributed by atoms with Crippen molar-refractivity contribution >= 4 is 0 Å². The number of alkyl halides is 3. The molecule has 2 rings (SSSR count). The van der Waals surface area contributed by atoms with E-state index in [2.05, 4.69) is 0 Å². The summed E-state index contributed by atoms with van der Waals surface area (Å²) < 4.78 is 37.5. The van der Waals surface area contributed by atoms with Crippen LogP contribution in [0.1, 0.15) is 30.4 Å². The van der Waals surface area contributed by atoms with Crippen molar-refractivity contribution in [1.82, 2.24) is 0 Å². The minimum Gasteiger partial charge on any atom is -0.393 e. The molecule has 1 aliphatic carbocycles. The van der Waals surface area contributed by atoms with Crippen LogP contribution in [0.25, 0.3) is 0 Å². The van der Waals surface area contributed by atoms with E-state index in [0.717, 1.165) is 18.9 Å². The lowest BCUT2D eigenvalue weighted by Crippen LogP contribution is -2.07. The first-order valence-corrected chi connectivity index (χ1v) is 5.79. The van der Waals surface area contributed by atoms with Gasteiger partial charge in [0.15, 0.2) is 0 Å². The van der Waals surface area contributed by atoms with Gasteiger partial charge >= 0.3 is 6.18 Å². The normalized spacial score (nSPS) is 25.2. The molecule has 0 bridgehead atoms. The van der Waals surface area contributed by atoms with E-state index in [1.54, 1.807) is 6.07 Å². The Morgan fingerprint density at radius 1 is 1.24 bits per heavy atom. The molecule has 0 heterocycles. The van der Waals surface area contributed by atoms with Crippen molar-refractivity contribution in [2.45, 2.75) is 38.0 Å². The summed E-state index contributed by atoms with van der Waals surface area (Å²) in [5.74, 6) is 0.313. The lowest BCUT2D eigenvalue weighted by Gasteiger charge is -2.12. The maximum atomic E-state index is 12.5. The van der Waals surface area contributed by atoms with Crippen LogP contribution < -0.4 is 0 Å². The highest BCUT2D eigenvalue weighted by Gasteiger charge is 2.30. The van der Waals surface area contributed by atoms with Gasteiger partial charge in [0.05, 0.1) is 11.7 Å². The van der Waals surface area contributed by atoms with Gasteiger partial charge in [-0.2, -0.15) is 13.2 Å². The van der Waals surface area contributed by atoms with Crippen molar-refractivity contribution < 1.29 is 18.3 Å². The first kappa shape index (κ1) is 12.4. The Morgan fingerprint density at radius 2 is 2.00 bits per heavy atom. The third kappa shape index (κ3) is 3.22. The summed E-state index contributed by atoms with van der Waals surface area (Å²) in [5, 5.41) is 9.38. The van der Waals surface area contributed by atoms with Crippen molar-refractivity contribution in [2.24, 2.45) is 5.92 Å². The molecule has 1 aromatic rings. The van der Waals surface area contributed by atoms with E-state index < -0.39 is 11.7 Å². The van der Waals surface area contributed by atoms with Gasteiger partial charge in [0.25, 0.3) is 0 Å². The molecular formula is C13H15F3O. The molecule has 0 saturated heterocycles. The topological polar surface area (TPSA) is 20.2 Å². The summed E-state index contributed by atoms with van der Waals surface area (Å²) in [6, 6.07) is 5.47. The van der Waals surface area contributed by atoms with E-state index in [-0.39, 0.29) is 6.10 Å². The van der Waals surface area contributed by atoms with Gasteiger partial charge in [0.2, 0.25) is 0 Å². The molecule has 0 radical (unpaired) electrons. The lowest BCUT2D eigenvalue weighted by molar-refractivity contribution is -0.137. The molecule has 1 nitrogen and oxygen atoms in total. The zero-order chi connectivity index (χ0) is 12.5. The predicted molar refractivity (Wildman–Crippen MR) is 58.5 cm³/mol. The minimum absolute atomic E-state index is 0.272. The molecule has 2 atom stereocenters. The molecule has 0 aliphatic heterocycles. The molecule has 0 aromatic heterocycles. The molecule has 2 unspecified atom stereocenters. The van der Waals surface area contributed by atoms with Crippen LogP contribution in [0.2, 0.25) is 0 Å². The van der Waals surface area contributed by atoms with Gasteiger partial charge in [-0.3, -0.25) is 0 Å². The third-order valence-corrected chi connectivity index (χ3v) is 3.29. The molecule has 1 N–H and O–H groups in total. The first-order valence-electron chi connectivity index (χ1n) is 5.79. The van der Waals surface area contributed by atoms with Crippen molar-refractivity contribution in [3.8, 4) is 0 Å². The number of hydrogen-bond donors (Lipinski definition) is 1. The van der Waals surface area contributed by atoms with Gasteiger partial charge in [0, 0.05) is 0 Å². The Morgan fingerprint density at radius 3 is 2.59 bits per heavy atom. The van der Waals surface area contributed by atoms with Crippen molar-refractivity contribution in [3.05, 3.63) is 35.4 Å². The fourth-order valence-electron chi connectivity index (χ4n) is 2.44. The zero-order valence-electron chi connectivity index (χ0n) is 9.37. The van der Waals surface area contributed by atoms with Crippen molar-refractivity contribution in [2.75, 3.05) is 0 Å². The standard InChI is InChI=1S/C13H15F3O/c14-13(15,16)11-3-1-2-9(7-11)6-10-4-5-12(17)8-10/h1-3,7,10,12,17H,4-6,8H2. The molecule has 4 heteroatoms. The van der Waals surface area contributed by atoms with Crippen LogP contribution >= 0.6 is 0 Å². The quantitative estimate of drug-likeness (QED) is 0.845. The maximum absolute atomic E-state index is 12.5. The summed E-state index contributed by atoms with van der Waals surface area (Å²) in [7, 11) is 0. The number of aliphatic hydroxyl groups is 1. The number of hydrogen-bond acceptors (Lipinski definition) is 1. The monoisotopic (exact) mass is 244 g/mol. The highest BCUT2D eigenvalue weighted by atomic mass is 19.4. The van der Waals surface area contributed by atoms with Crippen LogP contribution in [0, 0.1) is 5.92 Å². The predicted octanol–water partition coefficient (Wildman–Crippen LogP) is 3.41. The molecule has 94 valence electrons. The number of halogens is 3. The molecule has 0 spiro atoms. The SMILES string of the molecule is OC1CCC(Cc2cccc(C(F)(F)F)c2)C1. The van der Waals surface area contributed by atoms with Crippen molar-refractivity contribution in [3.63, 3.8) is 0 Å². The fraction of sp³-hybridized carbons (Fsp3) is 0.538. The molecular weight excluding hydrogens is 229 g/mol. The molecule has 17 heavy (non-hydrogen) atoms. The Labute approximate surface area is 98.3 Å². The zero-order valence-corrected chi connectivity index (χ0v) is 9.37. The molecule has 1 aliphatic rings. The lowest BCUT2D eigenvalue weighted by atomic mass is 9.96. The average molecular weight is 244 g/mol. The minimum atomic E-state index is -4.27. The molecule has 1 aromatic carbocycles.